The smallest absolute Gasteiger partial charge is 0.261 e. The Morgan fingerprint density at radius 3 is 2.08 bits per heavy atom. The Morgan fingerprint density at radius 2 is 1.56 bits per heavy atom. The number of hydrogen-bond donors (Lipinski definition) is 1. The number of hydrogen-bond acceptors (Lipinski definition) is 5. The molecule has 0 fully saturated rings. The van der Waals surface area contributed by atoms with Crippen molar-refractivity contribution in [2.24, 2.45) is 0 Å². The minimum Gasteiger partial charge on any atom is -0.322 e. The van der Waals surface area contributed by atoms with E-state index in [-0.39, 0.29) is 16.1 Å². The number of halogens is 1. The largest absolute Gasteiger partial charge is 0.322 e. The maximum Gasteiger partial charge on any atom is 0.261 e. The van der Waals surface area contributed by atoms with Crippen molar-refractivity contribution < 1.29 is 21.6 Å². The van der Waals surface area contributed by atoms with Crippen LogP contribution in [-0.4, -0.2) is 36.0 Å². The number of rotatable bonds is 5. The molecule has 25 heavy (non-hydrogen) atoms. The molecule has 0 bridgehead atoms. The Balaban J connectivity index is 2.31. The van der Waals surface area contributed by atoms with Gasteiger partial charge in [-0.15, -0.1) is 0 Å². The Kier molecular flexibility index (Phi) is 5.40. The molecule has 2 aromatic rings. The Bertz CT molecular complexity index is 1000. The molecule has 0 aliphatic heterocycles. The van der Waals surface area contributed by atoms with E-state index < -0.39 is 25.0 Å². The Labute approximate surface area is 150 Å². The van der Waals surface area contributed by atoms with E-state index in [2.05, 4.69) is 5.32 Å². The van der Waals surface area contributed by atoms with Gasteiger partial charge in [0.15, 0.2) is 0 Å². The molecular weight excluding hydrogens is 388 g/mol. The summed E-state index contributed by atoms with van der Waals surface area (Å²) < 4.78 is 46.9. The molecule has 0 aliphatic carbocycles. The normalized spacial score (nSPS) is 11.8. The summed E-state index contributed by atoms with van der Waals surface area (Å²) in [6.45, 7) is 0. The molecule has 0 heterocycles. The lowest BCUT2D eigenvalue weighted by Gasteiger charge is -2.19. The highest BCUT2D eigenvalue weighted by atomic mass is 35.7. The summed E-state index contributed by atoms with van der Waals surface area (Å²) in [7, 11) is -0.801. The second-order valence-corrected chi connectivity index (χ2v) is 9.74. The van der Waals surface area contributed by atoms with E-state index in [4.69, 9.17) is 10.7 Å². The van der Waals surface area contributed by atoms with Crippen molar-refractivity contribution in [3.05, 3.63) is 54.1 Å². The topological polar surface area (TPSA) is 101 Å². The van der Waals surface area contributed by atoms with Crippen LogP contribution in [0.2, 0.25) is 0 Å². The van der Waals surface area contributed by atoms with E-state index in [1.54, 1.807) is 12.1 Å². The van der Waals surface area contributed by atoms with Crippen LogP contribution in [0.4, 0.5) is 11.4 Å². The van der Waals surface area contributed by atoms with Gasteiger partial charge in [0.05, 0.1) is 22.4 Å². The Morgan fingerprint density at radius 1 is 1.00 bits per heavy atom. The van der Waals surface area contributed by atoms with E-state index in [1.807, 2.05) is 0 Å². The summed E-state index contributed by atoms with van der Waals surface area (Å²) in [6, 6.07) is 11.5. The first-order valence-corrected chi connectivity index (χ1v) is 11.0. The average Bonchev–Trinajstić information content (AvgIpc) is 2.53. The zero-order valence-electron chi connectivity index (χ0n) is 13.3. The fourth-order valence-corrected chi connectivity index (χ4v) is 3.30. The molecule has 7 nitrogen and oxygen atoms in total. The quantitative estimate of drug-likeness (QED) is 0.773. The van der Waals surface area contributed by atoms with Crippen molar-refractivity contribution in [3.8, 4) is 0 Å². The van der Waals surface area contributed by atoms with E-state index in [0.717, 1.165) is 10.6 Å². The lowest BCUT2D eigenvalue weighted by Crippen LogP contribution is -2.27. The molecule has 0 saturated carbocycles. The fourth-order valence-electron chi connectivity index (χ4n) is 2.02. The van der Waals surface area contributed by atoms with Gasteiger partial charge in [-0.1, -0.05) is 12.1 Å². The first-order valence-electron chi connectivity index (χ1n) is 6.89. The van der Waals surface area contributed by atoms with Crippen molar-refractivity contribution in [2.45, 2.75) is 4.90 Å². The van der Waals surface area contributed by atoms with E-state index in [1.165, 1.54) is 43.4 Å². The van der Waals surface area contributed by atoms with E-state index >= 15 is 0 Å². The van der Waals surface area contributed by atoms with Crippen LogP contribution in [0.15, 0.2) is 53.4 Å². The highest BCUT2D eigenvalue weighted by molar-refractivity contribution is 8.13. The highest BCUT2D eigenvalue weighted by Crippen LogP contribution is 2.23. The van der Waals surface area contributed by atoms with Gasteiger partial charge in [-0.05, 0) is 36.4 Å². The molecule has 0 atom stereocenters. The molecular formula is C15H15ClN2O5S2. The predicted molar refractivity (Wildman–Crippen MR) is 97.1 cm³/mol. The summed E-state index contributed by atoms with van der Waals surface area (Å²) in [6.07, 6.45) is 1.03. The van der Waals surface area contributed by atoms with Crippen LogP contribution >= 0.6 is 10.7 Å². The molecule has 0 aromatic heterocycles. The SMILES string of the molecule is CN(c1ccccc1C(=O)Nc1ccc(S(=O)(=O)Cl)cc1)S(C)(=O)=O. The van der Waals surface area contributed by atoms with Crippen LogP contribution in [0.1, 0.15) is 10.4 Å². The first kappa shape index (κ1) is 19.2. The number of para-hydroxylation sites is 1. The third-order valence-corrected chi connectivity index (χ3v) is 5.94. The van der Waals surface area contributed by atoms with Crippen LogP contribution in [-0.2, 0) is 19.1 Å². The summed E-state index contributed by atoms with van der Waals surface area (Å²) in [5.74, 6) is -0.535. The minimum absolute atomic E-state index is 0.0932. The number of anilines is 2. The Hall–Kier alpha value is -2.10. The van der Waals surface area contributed by atoms with Crippen LogP contribution in [0, 0.1) is 0 Å². The van der Waals surface area contributed by atoms with Crippen LogP contribution in [0.5, 0.6) is 0 Å². The standard InChI is InChI=1S/C15H15ClN2O5S2/c1-18(24(2,20)21)14-6-4-3-5-13(14)15(19)17-11-7-9-12(10-8-11)25(16,22)23/h3-10H,1-2H3,(H,17,19). The molecule has 0 aliphatic rings. The highest BCUT2D eigenvalue weighted by Gasteiger charge is 2.19. The number of carbonyl (C=O) groups is 1. The molecule has 2 rings (SSSR count). The van der Waals surface area contributed by atoms with Crippen LogP contribution in [0.25, 0.3) is 0 Å². The van der Waals surface area contributed by atoms with E-state index in [0.29, 0.717) is 5.69 Å². The molecule has 0 saturated heterocycles. The summed E-state index contributed by atoms with van der Waals surface area (Å²) >= 11 is 0. The molecule has 1 N–H and O–H groups in total. The van der Waals surface area contributed by atoms with Crippen LogP contribution < -0.4 is 9.62 Å². The van der Waals surface area contributed by atoms with Gasteiger partial charge in [-0.3, -0.25) is 9.10 Å². The third-order valence-electron chi connectivity index (χ3n) is 3.38. The molecule has 10 heteroatoms. The molecule has 134 valence electrons. The van der Waals surface area contributed by atoms with Gasteiger partial charge >= 0.3 is 0 Å². The zero-order valence-corrected chi connectivity index (χ0v) is 15.7. The molecule has 0 spiro atoms. The van der Waals surface area contributed by atoms with Gasteiger partial charge in [-0.2, -0.15) is 0 Å². The number of nitrogens with one attached hydrogen (secondary N) is 1. The zero-order chi connectivity index (χ0) is 18.8. The lowest BCUT2D eigenvalue weighted by molar-refractivity contribution is 0.102. The van der Waals surface area contributed by atoms with Gasteiger partial charge < -0.3 is 5.32 Å². The number of benzene rings is 2. The van der Waals surface area contributed by atoms with Crippen molar-refractivity contribution >= 4 is 47.0 Å². The number of amides is 1. The molecule has 0 radical (unpaired) electrons. The molecule has 2 aromatic carbocycles. The van der Waals surface area contributed by atoms with E-state index in [9.17, 15) is 21.6 Å². The summed E-state index contributed by atoms with van der Waals surface area (Å²) in [5, 5.41) is 2.59. The number of sulfonamides is 1. The van der Waals surface area contributed by atoms with Gasteiger partial charge in [-0.25, -0.2) is 16.8 Å². The first-order chi connectivity index (χ1) is 11.5. The van der Waals surface area contributed by atoms with Crippen molar-refractivity contribution in [2.75, 3.05) is 22.9 Å². The van der Waals surface area contributed by atoms with Crippen LogP contribution in [0.3, 0.4) is 0 Å². The van der Waals surface area contributed by atoms with Crippen molar-refractivity contribution in [1.29, 1.82) is 0 Å². The number of nitrogens with zero attached hydrogens (tertiary/aromatic N) is 1. The van der Waals surface area contributed by atoms with Crippen molar-refractivity contribution in [3.63, 3.8) is 0 Å². The van der Waals surface area contributed by atoms with Gasteiger partial charge in [0.1, 0.15) is 0 Å². The van der Waals surface area contributed by atoms with Gasteiger partial charge in [0, 0.05) is 23.4 Å². The van der Waals surface area contributed by atoms with Gasteiger partial charge in [0.2, 0.25) is 10.0 Å². The minimum atomic E-state index is -3.85. The monoisotopic (exact) mass is 402 g/mol. The average molecular weight is 403 g/mol. The molecule has 0 unspecified atom stereocenters. The summed E-state index contributed by atoms with van der Waals surface area (Å²) in [5.41, 5.74) is 0.720. The molecule has 1 amide bonds. The maximum absolute atomic E-state index is 12.5. The predicted octanol–water partition coefficient (Wildman–Crippen LogP) is 2.26. The second-order valence-electron chi connectivity index (χ2n) is 5.16. The third kappa shape index (κ3) is 4.71. The lowest BCUT2D eigenvalue weighted by atomic mass is 10.1. The summed E-state index contributed by atoms with van der Waals surface area (Å²) in [4.78, 5) is 12.4. The second kappa shape index (κ2) is 7.03. The fraction of sp³-hybridized carbons (Fsp3) is 0.133. The van der Waals surface area contributed by atoms with Crippen molar-refractivity contribution in [1.82, 2.24) is 0 Å². The maximum atomic E-state index is 12.5. The number of carbonyl (C=O) groups excluding carboxylic acids is 1. The van der Waals surface area contributed by atoms with Gasteiger partial charge in [0.25, 0.3) is 15.0 Å².